The van der Waals surface area contributed by atoms with Crippen molar-refractivity contribution in [3.8, 4) is 5.75 Å². The van der Waals surface area contributed by atoms with Gasteiger partial charge in [0.15, 0.2) is 6.61 Å². The van der Waals surface area contributed by atoms with Crippen LogP contribution in [-0.2, 0) is 16.1 Å². The molecule has 9 nitrogen and oxygen atoms in total. The third-order valence-electron chi connectivity index (χ3n) is 5.36. The Bertz CT molecular complexity index is 1460. The molecule has 1 aliphatic carbocycles. The zero-order chi connectivity index (χ0) is 24.4. The van der Waals surface area contributed by atoms with Crippen molar-refractivity contribution in [1.29, 1.82) is 0 Å². The lowest BCUT2D eigenvalue weighted by Crippen LogP contribution is -2.20. The number of hydrogen-bond acceptors (Lipinski definition) is 8. The number of rotatable bonds is 8. The second kappa shape index (κ2) is 9.67. The van der Waals surface area contributed by atoms with E-state index in [1.54, 1.807) is 30.3 Å². The molecule has 2 aromatic carbocycles. The summed E-state index contributed by atoms with van der Waals surface area (Å²) in [5, 5.41) is 7.95. The fraction of sp³-hybridized carbons (Fsp3) is 0.240. The van der Waals surface area contributed by atoms with E-state index in [2.05, 4.69) is 15.4 Å². The van der Waals surface area contributed by atoms with E-state index in [0.717, 1.165) is 23.4 Å². The molecule has 0 saturated heterocycles. The van der Waals surface area contributed by atoms with Gasteiger partial charge in [-0.05, 0) is 50.1 Å². The monoisotopic (exact) mass is 490 g/mol. The Morgan fingerprint density at radius 1 is 1.14 bits per heavy atom. The maximum atomic E-state index is 12.6. The number of hydrogen-bond donors (Lipinski definition) is 1. The van der Waals surface area contributed by atoms with E-state index in [1.165, 1.54) is 28.0 Å². The van der Waals surface area contributed by atoms with Crippen LogP contribution in [0.1, 0.15) is 45.4 Å². The van der Waals surface area contributed by atoms with Crippen molar-refractivity contribution in [2.75, 3.05) is 11.9 Å². The number of benzene rings is 2. The predicted molar refractivity (Wildman–Crippen MR) is 130 cm³/mol. The summed E-state index contributed by atoms with van der Waals surface area (Å²) in [5.74, 6) is 0.0621. The zero-order valence-corrected chi connectivity index (χ0v) is 19.7. The molecule has 35 heavy (non-hydrogen) atoms. The van der Waals surface area contributed by atoms with Crippen LogP contribution in [0.3, 0.4) is 0 Å². The highest BCUT2D eigenvalue weighted by Crippen LogP contribution is 2.41. The van der Waals surface area contributed by atoms with Crippen molar-refractivity contribution in [1.82, 2.24) is 14.6 Å². The second-order valence-corrected chi connectivity index (χ2v) is 9.29. The molecule has 0 bridgehead atoms. The molecule has 178 valence electrons. The molecule has 2 heterocycles. The average Bonchev–Trinajstić information content (AvgIpc) is 3.61. The minimum absolute atomic E-state index is 0.151. The van der Waals surface area contributed by atoms with Crippen LogP contribution < -0.4 is 15.6 Å². The molecular formula is C25H22N4O5S. The number of nitrogens with one attached hydrogen (secondary N) is 1. The number of amides is 1. The molecule has 0 spiro atoms. The quantitative estimate of drug-likeness (QED) is 0.375. The number of carbonyl (C=O) groups is 2. The van der Waals surface area contributed by atoms with E-state index >= 15 is 0 Å². The molecule has 2 aromatic heterocycles. The summed E-state index contributed by atoms with van der Waals surface area (Å²) in [5.41, 5.74) is 1.84. The lowest BCUT2D eigenvalue weighted by atomic mass is 10.2. The lowest BCUT2D eigenvalue weighted by Gasteiger charge is -2.09. The Kier molecular flexibility index (Phi) is 6.28. The van der Waals surface area contributed by atoms with Crippen molar-refractivity contribution in [3.63, 3.8) is 0 Å². The largest absolute Gasteiger partial charge is 0.484 e. The van der Waals surface area contributed by atoms with Gasteiger partial charge in [0.25, 0.3) is 11.5 Å². The molecule has 0 atom stereocenters. The van der Waals surface area contributed by atoms with Gasteiger partial charge >= 0.3 is 5.97 Å². The molecule has 0 radical (unpaired) electrons. The van der Waals surface area contributed by atoms with Crippen molar-refractivity contribution >= 4 is 33.9 Å². The first-order valence-electron chi connectivity index (χ1n) is 11.1. The van der Waals surface area contributed by atoms with Gasteiger partial charge in [-0.2, -0.15) is 9.61 Å². The van der Waals surface area contributed by atoms with Crippen molar-refractivity contribution < 1.29 is 19.1 Å². The molecule has 1 saturated carbocycles. The van der Waals surface area contributed by atoms with E-state index in [0.29, 0.717) is 28.0 Å². The van der Waals surface area contributed by atoms with E-state index in [9.17, 15) is 14.4 Å². The van der Waals surface area contributed by atoms with Crippen molar-refractivity contribution in [2.24, 2.45) is 0 Å². The summed E-state index contributed by atoms with van der Waals surface area (Å²) in [4.78, 5) is 42.1. The predicted octanol–water partition coefficient (Wildman–Crippen LogP) is 3.71. The van der Waals surface area contributed by atoms with Crippen molar-refractivity contribution in [3.05, 3.63) is 86.8 Å². The van der Waals surface area contributed by atoms with Crippen LogP contribution in [0.4, 0.5) is 5.69 Å². The SMILES string of the molecule is Cc1ccc(OCC(=O)Nc2cccc(C(=O)OCc3cc(=O)n4nc(C5CC5)sc4n3)c2)cc1. The summed E-state index contributed by atoms with van der Waals surface area (Å²) in [6, 6.07) is 15.1. The van der Waals surface area contributed by atoms with E-state index in [-0.39, 0.29) is 30.2 Å². The normalized spacial score (nSPS) is 12.9. The number of fused-ring (bicyclic) bond motifs is 1. The van der Waals surface area contributed by atoms with E-state index in [1.807, 2.05) is 19.1 Å². The van der Waals surface area contributed by atoms with Crippen LogP contribution in [-0.4, -0.2) is 33.1 Å². The van der Waals surface area contributed by atoms with Gasteiger partial charge < -0.3 is 14.8 Å². The standard InChI is InChI=1S/C25H22N4O5S/c1-15-5-9-20(10-6-15)33-14-21(30)26-18-4-2-3-17(11-18)24(32)34-13-19-12-22(31)29-25(27-19)35-23(28-29)16-7-8-16/h2-6,9-12,16H,7-8,13-14H2,1H3,(H,26,30). The molecule has 1 aliphatic rings. The number of aromatic nitrogens is 3. The first-order chi connectivity index (χ1) is 16.9. The number of ether oxygens (including phenoxy) is 2. The van der Waals surface area contributed by atoms with Gasteiger partial charge in [0.05, 0.1) is 11.3 Å². The third-order valence-corrected chi connectivity index (χ3v) is 6.44. The average molecular weight is 491 g/mol. The van der Waals surface area contributed by atoms with Crippen LogP contribution in [0.2, 0.25) is 0 Å². The molecule has 5 rings (SSSR count). The fourth-order valence-corrected chi connectivity index (χ4v) is 4.46. The molecule has 1 fully saturated rings. The Morgan fingerprint density at radius 3 is 2.71 bits per heavy atom. The minimum atomic E-state index is -0.595. The van der Waals surface area contributed by atoms with Gasteiger partial charge in [-0.15, -0.1) is 0 Å². The topological polar surface area (TPSA) is 112 Å². The molecule has 0 aliphatic heterocycles. The molecule has 1 N–H and O–H groups in total. The molecular weight excluding hydrogens is 468 g/mol. The van der Waals surface area contributed by atoms with Gasteiger partial charge in [-0.1, -0.05) is 35.1 Å². The van der Waals surface area contributed by atoms with Gasteiger partial charge in [-0.25, -0.2) is 9.78 Å². The van der Waals surface area contributed by atoms with Crippen LogP contribution in [0.5, 0.6) is 5.75 Å². The summed E-state index contributed by atoms with van der Waals surface area (Å²) < 4.78 is 12.1. The molecule has 10 heteroatoms. The van der Waals surface area contributed by atoms with Crippen LogP contribution in [0.25, 0.3) is 4.96 Å². The maximum absolute atomic E-state index is 12.6. The number of anilines is 1. The smallest absolute Gasteiger partial charge is 0.338 e. The molecule has 4 aromatic rings. The van der Waals surface area contributed by atoms with Crippen LogP contribution >= 0.6 is 11.3 Å². The van der Waals surface area contributed by atoms with Gasteiger partial charge in [0, 0.05) is 17.7 Å². The highest BCUT2D eigenvalue weighted by Gasteiger charge is 2.28. The Hall–Kier alpha value is -4.05. The zero-order valence-electron chi connectivity index (χ0n) is 18.9. The first-order valence-corrected chi connectivity index (χ1v) is 11.9. The van der Waals surface area contributed by atoms with E-state index < -0.39 is 5.97 Å². The molecule has 1 amide bonds. The third kappa shape index (κ3) is 5.55. The Labute approximate surface area is 204 Å². The van der Waals surface area contributed by atoms with Gasteiger partial charge in [0.2, 0.25) is 4.96 Å². The lowest BCUT2D eigenvalue weighted by molar-refractivity contribution is -0.118. The maximum Gasteiger partial charge on any atom is 0.338 e. The summed E-state index contributed by atoms with van der Waals surface area (Å²) >= 11 is 1.39. The minimum Gasteiger partial charge on any atom is -0.484 e. The van der Waals surface area contributed by atoms with Gasteiger partial charge in [-0.3, -0.25) is 9.59 Å². The van der Waals surface area contributed by atoms with Crippen LogP contribution in [0, 0.1) is 6.92 Å². The highest BCUT2D eigenvalue weighted by molar-refractivity contribution is 7.16. The Morgan fingerprint density at radius 2 is 1.94 bits per heavy atom. The summed E-state index contributed by atoms with van der Waals surface area (Å²) in [7, 11) is 0. The van der Waals surface area contributed by atoms with E-state index in [4.69, 9.17) is 9.47 Å². The number of nitrogens with zero attached hydrogens (tertiary/aromatic N) is 3. The first kappa shape index (κ1) is 22.7. The van der Waals surface area contributed by atoms with Crippen molar-refractivity contribution in [2.45, 2.75) is 32.3 Å². The number of carbonyl (C=O) groups excluding carboxylic acids is 2. The Balaban J connectivity index is 1.18. The summed E-state index contributed by atoms with van der Waals surface area (Å²) in [6.45, 7) is 1.65. The molecule has 0 unspecified atom stereocenters. The van der Waals surface area contributed by atoms with Crippen LogP contribution in [0.15, 0.2) is 59.4 Å². The van der Waals surface area contributed by atoms with Gasteiger partial charge in [0.1, 0.15) is 17.4 Å². The number of aryl methyl sites for hydroxylation is 1. The second-order valence-electron chi connectivity index (χ2n) is 8.30. The highest BCUT2D eigenvalue weighted by atomic mass is 32.1. The fourth-order valence-electron chi connectivity index (χ4n) is 3.37. The number of esters is 1. The summed E-state index contributed by atoms with van der Waals surface area (Å²) in [6.07, 6.45) is 2.16.